The number of carbonyl (C=O) groups excluding carboxylic acids is 2. The fourth-order valence-electron chi connectivity index (χ4n) is 4.77. The smallest absolute Gasteiger partial charge is 0.338 e. The van der Waals surface area contributed by atoms with Gasteiger partial charge < -0.3 is 4.74 Å². The fraction of sp³-hybridized carbons (Fsp3) is 0.556. The van der Waals surface area contributed by atoms with E-state index < -0.39 is 0 Å². The molecule has 0 spiro atoms. The Balaban J connectivity index is 1.46. The van der Waals surface area contributed by atoms with Gasteiger partial charge in [-0.3, -0.25) is 9.69 Å². The van der Waals surface area contributed by atoms with Crippen molar-refractivity contribution in [2.45, 2.75) is 56.8 Å². The van der Waals surface area contributed by atoms with E-state index in [9.17, 15) is 9.59 Å². The predicted octanol–water partition coefficient (Wildman–Crippen LogP) is 3.73. The molecule has 4 heterocycles. The van der Waals surface area contributed by atoms with E-state index in [2.05, 4.69) is 4.90 Å². The first-order valence-electron chi connectivity index (χ1n) is 8.40. The molecule has 6 heteroatoms. The van der Waals surface area contributed by atoms with Crippen LogP contribution in [0, 0.1) is 5.92 Å². The van der Waals surface area contributed by atoms with Crippen LogP contribution in [0.15, 0.2) is 18.2 Å². The molecule has 4 aliphatic heterocycles. The lowest BCUT2D eigenvalue weighted by molar-refractivity contribution is -0.155. The number of hydrogen-bond acceptors (Lipinski definition) is 4. The predicted molar refractivity (Wildman–Crippen MR) is 91.5 cm³/mol. The second-order valence-electron chi connectivity index (χ2n) is 7.16. The summed E-state index contributed by atoms with van der Waals surface area (Å²) < 4.78 is 5.73. The normalized spacial score (nSPS) is 37.4. The third kappa shape index (κ3) is 2.75. The zero-order valence-electron chi connectivity index (χ0n) is 13.4. The van der Waals surface area contributed by atoms with Crippen LogP contribution in [0.5, 0.6) is 0 Å². The minimum atomic E-state index is -0.381. The summed E-state index contributed by atoms with van der Waals surface area (Å²) in [5.41, 5.74) is 0.383. The van der Waals surface area contributed by atoms with Crippen molar-refractivity contribution < 1.29 is 14.3 Å². The van der Waals surface area contributed by atoms with Crippen LogP contribution in [0.25, 0.3) is 0 Å². The Morgan fingerprint density at radius 2 is 1.67 bits per heavy atom. The number of ketones is 1. The molecule has 0 amide bonds. The molecular weight excluding hydrogens is 349 g/mol. The quantitative estimate of drug-likeness (QED) is 0.747. The summed E-state index contributed by atoms with van der Waals surface area (Å²) in [6.07, 6.45) is 3.28. The summed E-state index contributed by atoms with van der Waals surface area (Å²) in [4.78, 5) is 26.9. The topological polar surface area (TPSA) is 46.6 Å². The van der Waals surface area contributed by atoms with Crippen molar-refractivity contribution in [3.8, 4) is 0 Å². The van der Waals surface area contributed by atoms with Gasteiger partial charge in [-0.2, -0.15) is 0 Å². The number of Topliss-reactive ketones (excluding diaryl/α,β-unsaturated/α-hetero) is 1. The van der Waals surface area contributed by atoms with Crippen molar-refractivity contribution in [1.82, 2.24) is 4.90 Å². The Labute approximate surface area is 151 Å². The largest absolute Gasteiger partial charge is 0.459 e. The van der Waals surface area contributed by atoms with Gasteiger partial charge in [0.25, 0.3) is 0 Å². The van der Waals surface area contributed by atoms with Crippen LogP contribution in [0.3, 0.4) is 0 Å². The lowest BCUT2D eigenvalue weighted by atomic mass is 9.69. The highest BCUT2D eigenvalue weighted by Crippen LogP contribution is 2.44. The molecule has 4 fully saturated rings. The molecule has 4 nitrogen and oxygen atoms in total. The van der Waals surface area contributed by atoms with Crippen LogP contribution < -0.4 is 0 Å². The summed E-state index contributed by atoms with van der Waals surface area (Å²) in [6.45, 7) is 2.01. The van der Waals surface area contributed by atoms with E-state index in [1.807, 2.05) is 6.92 Å². The fourth-order valence-corrected chi connectivity index (χ4v) is 5.30. The first-order valence-corrected chi connectivity index (χ1v) is 9.16. The molecule has 24 heavy (non-hydrogen) atoms. The average molecular weight is 368 g/mol. The molecule has 0 aliphatic carbocycles. The standard InChI is InChI=1S/C18H19Cl2NO3/c1-9-17(22)10-4-14-7-16(8-15(5-10)21(9)14)24-18(23)11-2-12(19)6-13(20)3-11/h2-3,6,9-10,14-16H,4-5,7-8H2,1H3. The van der Waals surface area contributed by atoms with Crippen LogP contribution in [0.2, 0.25) is 10.0 Å². The van der Waals surface area contributed by atoms with Crippen molar-refractivity contribution in [3.05, 3.63) is 33.8 Å². The molecule has 0 saturated carbocycles. The number of esters is 1. The first kappa shape index (κ1) is 16.4. The number of fused-ring (bicyclic) bond motifs is 1. The number of rotatable bonds is 2. The molecule has 3 unspecified atom stereocenters. The van der Waals surface area contributed by atoms with Crippen LogP contribution in [0.1, 0.15) is 43.0 Å². The van der Waals surface area contributed by atoms with Gasteiger partial charge in [-0.1, -0.05) is 23.2 Å². The van der Waals surface area contributed by atoms with Crippen molar-refractivity contribution in [1.29, 1.82) is 0 Å². The van der Waals surface area contributed by atoms with Gasteiger partial charge in [0, 0.05) is 40.9 Å². The van der Waals surface area contributed by atoms with E-state index in [-0.39, 0.29) is 24.0 Å². The van der Waals surface area contributed by atoms with Crippen LogP contribution in [0.4, 0.5) is 0 Å². The second-order valence-corrected chi connectivity index (χ2v) is 8.03. The van der Waals surface area contributed by atoms with Crippen molar-refractivity contribution in [2.75, 3.05) is 0 Å². The third-order valence-electron chi connectivity index (χ3n) is 5.66. The second kappa shape index (κ2) is 6.01. The molecule has 4 saturated heterocycles. The van der Waals surface area contributed by atoms with E-state index in [0.717, 1.165) is 25.7 Å². The number of hydrogen-bond donors (Lipinski definition) is 0. The highest BCUT2D eigenvalue weighted by Gasteiger charge is 2.52. The molecule has 0 aromatic heterocycles. The van der Waals surface area contributed by atoms with Gasteiger partial charge in [-0.15, -0.1) is 0 Å². The molecular formula is C18H19Cl2NO3. The minimum Gasteiger partial charge on any atom is -0.459 e. The Kier molecular flexibility index (Phi) is 4.10. The zero-order valence-corrected chi connectivity index (χ0v) is 14.9. The summed E-state index contributed by atoms with van der Waals surface area (Å²) >= 11 is 11.9. The van der Waals surface area contributed by atoms with Crippen molar-refractivity contribution >= 4 is 35.0 Å². The maximum Gasteiger partial charge on any atom is 0.338 e. The van der Waals surface area contributed by atoms with Gasteiger partial charge in [0.05, 0.1) is 11.6 Å². The van der Waals surface area contributed by atoms with Gasteiger partial charge in [0.15, 0.2) is 5.78 Å². The number of nitrogens with zero attached hydrogens (tertiary/aromatic N) is 1. The molecule has 5 rings (SSSR count). The molecule has 1 aromatic rings. The molecule has 4 aliphatic rings. The lowest BCUT2D eigenvalue weighted by Gasteiger charge is -2.57. The average Bonchev–Trinajstić information content (AvgIpc) is 2.49. The van der Waals surface area contributed by atoms with Crippen molar-refractivity contribution in [2.24, 2.45) is 5.92 Å². The first-order chi connectivity index (χ1) is 11.4. The van der Waals surface area contributed by atoms with E-state index in [4.69, 9.17) is 27.9 Å². The maximum atomic E-state index is 12.4. The zero-order chi connectivity index (χ0) is 17.0. The summed E-state index contributed by atoms with van der Waals surface area (Å²) in [7, 11) is 0. The molecule has 1 aromatic carbocycles. The van der Waals surface area contributed by atoms with E-state index >= 15 is 0 Å². The number of benzene rings is 1. The molecule has 3 atom stereocenters. The number of piperidine rings is 4. The van der Waals surface area contributed by atoms with E-state index in [1.54, 1.807) is 18.2 Å². The minimum absolute atomic E-state index is 0.0101. The van der Waals surface area contributed by atoms with Gasteiger partial charge in [0.1, 0.15) is 6.10 Å². The Morgan fingerprint density at radius 1 is 1.08 bits per heavy atom. The van der Waals surface area contributed by atoms with Gasteiger partial charge in [-0.25, -0.2) is 4.79 Å². The summed E-state index contributed by atoms with van der Waals surface area (Å²) in [6, 6.07) is 5.44. The van der Waals surface area contributed by atoms with E-state index in [1.165, 1.54) is 0 Å². The highest BCUT2D eigenvalue weighted by atomic mass is 35.5. The van der Waals surface area contributed by atoms with E-state index in [0.29, 0.717) is 33.5 Å². The maximum absolute atomic E-state index is 12.4. The van der Waals surface area contributed by atoms with Gasteiger partial charge in [0.2, 0.25) is 0 Å². The SMILES string of the molecule is CC1C(=O)C2CC3CC(OC(=O)c4cc(Cl)cc(Cl)c4)CC(C2)N31. The third-order valence-corrected chi connectivity index (χ3v) is 6.10. The number of carbonyl (C=O) groups is 2. The van der Waals surface area contributed by atoms with Crippen LogP contribution in [-0.4, -0.2) is 40.9 Å². The van der Waals surface area contributed by atoms with Crippen LogP contribution in [-0.2, 0) is 9.53 Å². The monoisotopic (exact) mass is 367 g/mol. The summed E-state index contributed by atoms with van der Waals surface area (Å²) in [5, 5.41) is 0.844. The molecule has 0 radical (unpaired) electrons. The Bertz CT molecular complexity index is 667. The molecule has 128 valence electrons. The summed E-state index contributed by atoms with van der Waals surface area (Å²) in [5.74, 6) is 0.198. The molecule has 0 N–H and O–H groups in total. The van der Waals surface area contributed by atoms with Gasteiger partial charge >= 0.3 is 5.97 Å². The lowest BCUT2D eigenvalue weighted by Crippen LogP contribution is -2.66. The van der Waals surface area contributed by atoms with Gasteiger partial charge in [-0.05, 0) is 38.0 Å². The highest BCUT2D eigenvalue weighted by molar-refractivity contribution is 6.35. The van der Waals surface area contributed by atoms with Crippen molar-refractivity contribution in [3.63, 3.8) is 0 Å². The number of ether oxygens (including phenoxy) is 1. The number of halogens is 2. The Morgan fingerprint density at radius 3 is 2.21 bits per heavy atom. The Hall–Kier alpha value is -1.10. The van der Waals surface area contributed by atoms with Crippen LogP contribution >= 0.6 is 23.2 Å². The molecule has 4 bridgehead atoms.